The van der Waals surface area contributed by atoms with E-state index in [4.69, 9.17) is 47.5 Å². The van der Waals surface area contributed by atoms with Gasteiger partial charge in [-0.1, -0.05) is 93.3 Å². The highest BCUT2D eigenvalue weighted by Crippen LogP contribution is 2.38. The predicted octanol–water partition coefficient (Wildman–Crippen LogP) is 0.549. The van der Waals surface area contributed by atoms with Gasteiger partial charge in [0.2, 0.25) is 0 Å². The molecule has 0 aliphatic carbocycles. The second-order valence-electron chi connectivity index (χ2n) is 10.8. The molecule has 4 radical (unpaired) electrons. The molecule has 2 fully saturated rings. The molecule has 0 saturated carbocycles. The van der Waals surface area contributed by atoms with E-state index in [2.05, 4.69) is 56.9 Å². The monoisotopic (exact) mass is 542 g/mol. The van der Waals surface area contributed by atoms with Crippen LogP contribution in [0.5, 0.6) is 0 Å². The molecule has 8 atom stereocenters. The Morgan fingerprint density at radius 1 is 0.821 bits per heavy atom. The Morgan fingerprint density at radius 2 is 1.23 bits per heavy atom. The standard InChI is InChI=1S/C23H27BO3Si.C7H9BO3/c1-5-19-20(27-22(24)21(19)25)16-26-28(23(2,3)4,17-12-8-6-9-13-17)18-14-10-7-11-15-18;1-2-4-5(3-9)11-7(8)6(4)10/h1,6-15,19-22,25H,16H2,2-4H3;1,4-7,9-10H,3H2/t19-,20-,21-,22-;4-,5-,6-,7-/m11/s1. The topological polar surface area (TPSA) is 88.4 Å². The van der Waals surface area contributed by atoms with Crippen LogP contribution < -0.4 is 10.4 Å². The highest BCUT2D eigenvalue weighted by Gasteiger charge is 2.51. The van der Waals surface area contributed by atoms with E-state index < -0.39 is 56.6 Å². The molecule has 2 aromatic rings. The van der Waals surface area contributed by atoms with Gasteiger partial charge in [0.05, 0.1) is 49.5 Å². The van der Waals surface area contributed by atoms with Crippen molar-refractivity contribution in [3.8, 4) is 24.7 Å². The Labute approximate surface area is 236 Å². The molecule has 0 amide bonds. The molecule has 202 valence electrons. The minimum atomic E-state index is -2.67. The molecule has 2 aliphatic rings. The van der Waals surface area contributed by atoms with E-state index in [0.29, 0.717) is 0 Å². The van der Waals surface area contributed by atoms with Gasteiger partial charge in [0.1, 0.15) is 15.7 Å². The zero-order chi connectivity index (χ0) is 28.8. The van der Waals surface area contributed by atoms with E-state index in [1.54, 1.807) is 0 Å². The molecule has 9 heteroatoms. The number of rotatable bonds is 6. The molecule has 2 heterocycles. The van der Waals surface area contributed by atoms with Gasteiger partial charge in [-0.2, -0.15) is 0 Å². The Balaban J connectivity index is 0.000000320. The maximum absolute atomic E-state index is 10.2. The summed E-state index contributed by atoms with van der Waals surface area (Å²) in [6.07, 6.45) is 8.03. The molecule has 2 aromatic carbocycles. The van der Waals surface area contributed by atoms with Crippen LogP contribution in [0.4, 0.5) is 0 Å². The number of hydrogen-bond donors (Lipinski definition) is 3. The fourth-order valence-corrected chi connectivity index (χ4v) is 9.83. The summed E-state index contributed by atoms with van der Waals surface area (Å²) in [6.45, 7) is 6.72. The van der Waals surface area contributed by atoms with Crippen molar-refractivity contribution in [1.82, 2.24) is 0 Å². The van der Waals surface area contributed by atoms with Gasteiger partial charge in [-0.15, -0.1) is 12.8 Å². The van der Waals surface area contributed by atoms with Crippen LogP contribution in [0.2, 0.25) is 5.04 Å². The summed E-state index contributed by atoms with van der Waals surface area (Å²) >= 11 is 0. The van der Waals surface area contributed by atoms with Crippen molar-refractivity contribution >= 4 is 34.4 Å². The summed E-state index contributed by atoms with van der Waals surface area (Å²) in [5.41, 5.74) is 0. The number of ether oxygens (including phenoxy) is 2. The molecule has 0 unspecified atom stereocenters. The SMILES string of the molecule is [B][C@@H]1O[C@H](CO)[C@@H](C#C)[C@H]1O.[B][C@@H]1O[C@H](CO[Si](c2ccccc2)(c2ccccc2)C(C)(C)C)[C@@H](C#C)[C@H]1O. The van der Waals surface area contributed by atoms with Crippen LogP contribution in [0, 0.1) is 36.5 Å². The van der Waals surface area contributed by atoms with Crippen molar-refractivity contribution < 1.29 is 29.2 Å². The third-order valence-corrected chi connectivity index (χ3v) is 12.3. The first-order valence-corrected chi connectivity index (χ1v) is 14.9. The average molecular weight is 542 g/mol. The van der Waals surface area contributed by atoms with Crippen LogP contribution in [-0.2, 0) is 13.9 Å². The molecule has 2 aliphatic heterocycles. The van der Waals surface area contributed by atoms with Gasteiger partial charge in [0, 0.05) is 12.0 Å². The molecule has 2 saturated heterocycles. The molecule has 0 spiro atoms. The van der Waals surface area contributed by atoms with E-state index in [0.717, 1.165) is 0 Å². The average Bonchev–Trinajstić information content (AvgIpc) is 3.37. The third kappa shape index (κ3) is 6.53. The third-order valence-electron chi connectivity index (χ3n) is 7.32. The summed E-state index contributed by atoms with van der Waals surface area (Å²) in [7, 11) is 8.53. The van der Waals surface area contributed by atoms with Crippen molar-refractivity contribution in [2.75, 3.05) is 13.2 Å². The van der Waals surface area contributed by atoms with Gasteiger partial charge in [0.25, 0.3) is 8.32 Å². The summed E-state index contributed by atoms with van der Waals surface area (Å²) < 4.78 is 17.5. The number of hydrogen-bond acceptors (Lipinski definition) is 6. The zero-order valence-corrected chi connectivity index (χ0v) is 23.7. The van der Waals surface area contributed by atoms with Crippen molar-refractivity contribution in [2.24, 2.45) is 11.8 Å². The lowest BCUT2D eigenvalue weighted by Gasteiger charge is -2.43. The van der Waals surface area contributed by atoms with E-state index in [1.807, 2.05) is 36.4 Å². The lowest BCUT2D eigenvalue weighted by Crippen LogP contribution is -2.67. The van der Waals surface area contributed by atoms with Gasteiger partial charge < -0.3 is 29.2 Å². The minimum absolute atomic E-state index is 0.138. The van der Waals surface area contributed by atoms with Crippen LogP contribution in [0.15, 0.2) is 60.7 Å². The van der Waals surface area contributed by atoms with Crippen molar-refractivity contribution in [1.29, 1.82) is 0 Å². The van der Waals surface area contributed by atoms with Crippen LogP contribution in [0.1, 0.15) is 20.8 Å². The largest absolute Gasteiger partial charge is 0.405 e. The fraction of sp³-hybridized carbons (Fsp3) is 0.467. The lowest BCUT2D eigenvalue weighted by molar-refractivity contribution is 0.0277. The zero-order valence-electron chi connectivity index (χ0n) is 22.7. The summed E-state index contributed by atoms with van der Waals surface area (Å²) in [4.78, 5) is 0. The Hall–Kier alpha value is -2.33. The molecule has 39 heavy (non-hydrogen) atoms. The van der Waals surface area contributed by atoms with E-state index >= 15 is 0 Å². The normalized spacial score (nSPS) is 30.6. The highest BCUT2D eigenvalue weighted by atomic mass is 28.4. The minimum Gasteiger partial charge on any atom is -0.405 e. The maximum atomic E-state index is 10.2. The van der Waals surface area contributed by atoms with Crippen molar-refractivity contribution in [3.63, 3.8) is 0 Å². The van der Waals surface area contributed by atoms with E-state index in [1.165, 1.54) is 10.4 Å². The number of aliphatic hydroxyl groups is 3. The van der Waals surface area contributed by atoms with Crippen LogP contribution >= 0.6 is 0 Å². The number of benzene rings is 2. The molecule has 4 rings (SSSR count). The molecule has 0 aromatic heterocycles. The van der Waals surface area contributed by atoms with Crippen LogP contribution in [-0.4, -0.2) is 89.0 Å². The second-order valence-corrected chi connectivity index (χ2v) is 15.1. The van der Waals surface area contributed by atoms with Gasteiger partial charge >= 0.3 is 0 Å². The smallest absolute Gasteiger partial charge is 0.261 e. The van der Waals surface area contributed by atoms with Crippen LogP contribution in [0.25, 0.3) is 0 Å². The Kier molecular flexibility index (Phi) is 10.7. The first-order chi connectivity index (χ1) is 18.5. The fourth-order valence-electron chi connectivity index (χ4n) is 5.26. The van der Waals surface area contributed by atoms with Gasteiger partial charge in [-0.05, 0) is 15.4 Å². The molecular formula is C30H36B2O6Si. The molecule has 0 bridgehead atoms. The second kappa shape index (κ2) is 13.3. The first kappa shape index (κ1) is 31.2. The van der Waals surface area contributed by atoms with Crippen molar-refractivity contribution in [2.45, 2.75) is 62.2 Å². The summed E-state index contributed by atoms with van der Waals surface area (Å²) in [6, 6.07) is 19.2. The molecular weight excluding hydrogens is 506 g/mol. The highest BCUT2D eigenvalue weighted by molar-refractivity contribution is 6.99. The summed E-state index contributed by atoms with van der Waals surface area (Å²) in [5, 5.41) is 30.4. The predicted molar refractivity (Wildman–Crippen MR) is 156 cm³/mol. The Bertz CT molecular complexity index is 1090. The van der Waals surface area contributed by atoms with Crippen LogP contribution in [0.3, 0.4) is 0 Å². The van der Waals surface area contributed by atoms with Gasteiger partial charge in [-0.25, -0.2) is 0 Å². The summed E-state index contributed by atoms with van der Waals surface area (Å²) in [5.74, 6) is 3.99. The van der Waals surface area contributed by atoms with Gasteiger partial charge in [0.15, 0.2) is 0 Å². The van der Waals surface area contributed by atoms with Gasteiger partial charge in [-0.3, -0.25) is 0 Å². The van der Waals surface area contributed by atoms with E-state index in [-0.39, 0.29) is 18.3 Å². The van der Waals surface area contributed by atoms with Crippen molar-refractivity contribution in [3.05, 3.63) is 60.7 Å². The Morgan fingerprint density at radius 3 is 1.59 bits per heavy atom. The quantitative estimate of drug-likeness (QED) is 0.365. The number of aliphatic hydroxyl groups excluding tert-OH is 3. The lowest BCUT2D eigenvalue weighted by atomic mass is 9.88. The van der Waals surface area contributed by atoms with E-state index in [9.17, 15) is 10.2 Å². The first-order valence-electron chi connectivity index (χ1n) is 13.0. The molecule has 3 N–H and O–H groups in total. The number of terminal acetylenes is 2. The maximum Gasteiger partial charge on any atom is 0.261 e. The molecule has 6 nitrogen and oxygen atoms in total.